The normalized spacial score (nSPS) is 12.9. The minimum absolute atomic E-state index is 0.0862. The van der Waals surface area contributed by atoms with Crippen LogP contribution in [0.3, 0.4) is 0 Å². The van der Waals surface area contributed by atoms with Crippen LogP contribution in [0.4, 0.5) is 5.69 Å². The van der Waals surface area contributed by atoms with Gasteiger partial charge >= 0.3 is 5.97 Å². The quantitative estimate of drug-likeness (QED) is 0.617. The Morgan fingerprint density at radius 1 is 1.42 bits per heavy atom. The van der Waals surface area contributed by atoms with E-state index in [1.54, 1.807) is 6.07 Å². The Balaban J connectivity index is 2.89. The van der Waals surface area contributed by atoms with E-state index in [0.717, 1.165) is 6.92 Å². The Kier molecular flexibility index (Phi) is 4.60. The average molecular weight is 287 g/mol. The van der Waals surface area contributed by atoms with Crippen molar-refractivity contribution in [1.82, 2.24) is 0 Å². The highest BCUT2D eigenvalue weighted by Gasteiger charge is 2.28. The zero-order chi connectivity index (χ0) is 14.6. The zero-order valence-electron chi connectivity index (χ0n) is 10.1. The van der Waals surface area contributed by atoms with E-state index in [-0.39, 0.29) is 17.7 Å². The van der Waals surface area contributed by atoms with E-state index in [1.807, 2.05) is 0 Å². The molecule has 0 saturated carbocycles. The molecule has 1 N–H and O–H groups in total. The Morgan fingerprint density at radius 3 is 2.53 bits per heavy atom. The van der Waals surface area contributed by atoms with Crippen LogP contribution >= 0.6 is 0 Å². The van der Waals surface area contributed by atoms with Gasteiger partial charge in [0.2, 0.25) is 0 Å². The number of carboxylic acids is 1. The number of rotatable bonds is 6. The molecule has 0 spiro atoms. The second-order valence-corrected chi connectivity index (χ2v) is 6.42. The second-order valence-electron chi connectivity index (χ2n) is 3.98. The molecule has 0 fully saturated rings. The van der Waals surface area contributed by atoms with Gasteiger partial charge in [-0.05, 0) is 13.3 Å². The van der Waals surface area contributed by atoms with Crippen LogP contribution in [0, 0.1) is 10.1 Å². The summed E-state index contributed by atoms with van der Waals surface area (Å²) in [5.41, 5.74) is 0.106. The number of nitrogens with zero attached hydrogens (tertiary/aromatic N) is 1. The van der Waals surface area contributed by atoms with Gasteiger partial charge in [-0.15, -0.1) is 0 Å². The fraction of sp³-hybridized carbons (Fsp3) is 0.364. The summed E-state index contributed by atoms with van der Waals surface area (Å²) >= 11 is 0. The fourth-order valence-corrected chi connectivity index (χ4v) is 2.65. The van der Waals surface area contributed by atoms with Crippen LogP contribution in [0.1, 0.15) is 12.5 Å². The molecule has 0 aromatic heterocycles. The summed E-state index contributed by atoms with van der Waals surface area (Å²) in [6.07, 6.45) is -0.0862. The second kappa shape index (κ2) is 5.79. The van der Waals surface area contributed by atoms with Crippen molar-refractivity contribution in [3.63, 3.8) is 0 Å². The SMILES string of the molecule is CC(C(=O)O)S(=O)(=O)CCc1ccccc1[N+](=O)[O-]. The molecule has 19 heavy (non-hydrogen) atoms. The molecule has 1 atom stereocenters. The van der Waals surface area contributed by atoms with E-state index in [9.17, 15) is 23.3 Å². The standard InChI is InChI=1S/C11H13NO6S/c1-8(11(13)14)19(17,18)7-6-9-4-2-3-5-10(9)12(15)16/h2-5,8H,6-7H2,1H3,(H,13,14). The number of carboxylic acid groups (broad SMARTS) is 1. The van der Waals surface area contributed by atoms with E-state index in [1.165, 1.54) is 18.2 Å². The van der Waals surface area contributed by atoms with Gasteiger partial charge in [0.1, 0.15) is 0 Å². The molecule has 0 amide bonds. The minimum Gasteiger partial charge on any atom is -0.480 e. The van der Waals surface area contributed by atoms with Crippen molar-refractivity contribution in [1.29, 1.82) is 0 Å². The number of hydrogen-bond acceptors (Lipinski definition) is 5. The van der Waals surface area contributed by atoms with E-state index >= 15 is 0 Å². The van der Waals surface area contributed by atoms with Gasteiger partial charge in [-0.2, -0.15) is 0 Å². The van der Waals surface area contributed by atoms with Gasteiger partial charge in [0.05, 0.1) is 10.7 Å². The molecule has 0 aliphatic rings. The largest absolute Gasteiger partial charge is 0.480 e. The first-order valence-electron chi connectivity index (χ1n) is 5.42. The van der Waals surface area contributed by atoms with Crippen molar-refractivity contribution >= 4 is 21.5 Å². The Labute approximate surface area is 109 Å². The number of hydrogen-bond donors (Lipinski definition) is 1. The first-order chi connectivity index (χ1) is 8.75. The smallest absolute Gasteiger partial charge is 0.321 e. The minimum atomic E-state index is -3.82. The number of para-hydroxylation sites is 1. The van der Waals surface area contributed by atoms with Crippen molar-refractivity contribution in [3.05, 3.63) is 39.9 Å². The Bertz CT molecular complexity index is 595. The van der Waals surface area contributed by atoms with E-state index in [0.29, 0.717) is 0 Å². The molecular weight excluding hydrogens is 274 g/mol. The summed E-state index contributed by atoms with van der Waals surface area (Å²) < 4.78 is 23.4. The van der Waals surface area contributed by atoms with Crippen molar-refractivity contribution in [2.24, 2.45) is 0 Å². The molecule has 0 aliphatic heterocycles. The summed E-state index contributed by atoms with van der Waals surface area (Å²) in [5, 5.41) is 17.9. The monoisotopic (exact) mass is 287 g/mol. The summed E-state index contributed by atoms with van der Waals surface area (Å²) in [7, 11) is -3.82. The molecule has 0 radical (unpaired) electrons. The van der Waals surface area contributed by atoms with Crippen LogP contribution < -0.4 is 0 Å². The van der Waals surface area contributed by atoms with Gasteiger partial charge in [-0.25, -0.2) is 8.42 Å². The van der Waals surface area contributed by atoms with Crippen LogP contribution in [0.25, 0.3) is 0 Å². The molecule has 1 aromatic carbocycles. The van der Waals surface area contributed by atoms with Crippen molar-refractivity contribution < 1.29 is 23.2 Å². The Morgan fingerprint density at radius 2 is 2.00 bits per heavy atom. The fourth-order valence-electron chi connectivity index (χ4n) is 1.48. The van der Waals surface area contributed by atoms with E-state index < -0.39 is 31.7 Å². The molecule has 1 unspecified atom stereocenters. The first-order valence-corrected chi connectivity index (χ1v) is 7.14. The third-order valence-corrected chi connectivity index (χ3v) is 4.78. The molecule has 0 bridgehead atoms. The van der Waals surface area contributed by atoms with Crippen LogP contribution in [-0.4, -0.2) is 35.4 Å². The van der Waals surface area contributed by atoms with Crippen LogP contribution in [0.15, 0.2) is 24.3 Å². The van der Waals surface area contributed by atoms with Crippen molar-refractivity contribution in [2.45, 2.75) is 18.6 Å². The lowest BCUT2D eigenvalue weighted by Gasteiger charge is -2.08. The summed E-state index contributed by atoms with van der Waals surface area (Å²) in [4.78, 5) is 20.8. The predicted molar refractivity (Wildman–Crippen MR) is 67.7 cm³/mol. The van der Waals surface area contributed by atoms with E-state index in [2.05, 4.69) is 0 Å². The maximum Gasteiger partial charge on any atom is 0.321 e. The molecule has 7 nitrogen and oxygen atoms in total. The molecule has 0 aliphatic carbocycles. The van der Waals surface area contributed by atoms with Crippen LogP contribution in [0.2, 0.25) is 0 Å². The lowest BCUT2D eigenvalue weighted by atomic mass is 10.1. The van der Waals surface area contributed by atoms with Gasteiger partial charge in [-0.1, -0.05) is 18.2 Å². The highest BCUT2D eigenvalue weighted by molar-refractivity contribution is 7.92. The average Bonchev–Trinajstić information content (AvgIpc) is 2.35. The summed E-state index contributed by atoms with van der Waals surface area (Å²) in [6.45, 7) is 1.08. The van der Waals surface area contributed by atoms with E-state index in [4.69, 9.17) is 5.11 Å². The number of nitro groups is 1. The summed E-state index contributed by atoms with van der Waals surface area (Å²) in [5.74, 6) is -1.87. The molecule has 0 saturated heterocycles. The Hall–Kier alpha value is -1.96. The molecule has 8 heteroatoms. The third kappa shape index (κ3) is 3.75. The molecule has 104 valence electrons. The number of carbonyl (C=O) groups is 1. The number of aliphatic carboxylic acids is 1. The number of sulfone groups is 1. The van der Waals surface area contributed by atoms with Crippen LogP contribution in [-0.2, 0) is 21.1 Å². The van der Waals surface area contributed by atoms with Gasteiger partial charge in [0.15, 0.2) is 15.1 Å². The highest BCUT2D eigenvalue weighted by atomic mass is 32.2. The van der Waals surface area contributed by atoms with Gasteiger partial charge in [0, 0.05) is 11.6 Å². The summed E-state index contributed by atoms with van der Waals surface area (Å²) in [6, 6.07) is 5.78. The molecule has 1 aromatic rings. The van der Waals surface area contributed by atoms with Gasteiger partial charge < -0.3 is 5.11 Å². The topological polar surface area (TPSA) is 115 Å². The number of aryl methyl sites for hydroxylation is 1. The molecule has 1 rings (SSSR count). The zero-order valence-corrected chi connectivity index (χ0v) is 11.0. The molecular formula is C11H13NO6S. The molecule has 0 heterocycles. The lowest BCUT2D eigenvalue weighted by molar-refractivity contribution is -0.385. The highest BCUT2D eigenvalue weighted by Crippen LogP contribution is 2.19. The van der Waals surface area contributed by atoms with Gasteiger partial charge in [0.25, 0.3) is 5.69 Å². The van der Waals surface area contributed by atoms with Crippen LogP contribution in [0.5, 0.6) is 0 Å². The number of nitro benzene ring substituents is 1. The predicted octanol–water partition coefficient (Wildman–Crippen LogP) is 1.03. The van der Waals surface area contributed by atoms with Gasteiger partial charge in [-0.3, -0.25) is 14.9 Å². The lowest BCUT2D eigenvalue weighted by Crippen LogP contribution is -2.29. The first kappa shape index (κ1) is 15.1. The van der Waals surface area contributed by atoms with Crippen molar-refractivity contribution in [3.8, 4) is 0 Å². The maximum atomic E-state index is 11.7. The maximum absolute atomic E-state index is 11.7. The third-order valence-electron chi connectivity index (χ3n) is 2.73. The van der Waals surface area contributed by atoms with Crippen molar-refractivity contribution in [2.75, 3.05) is 5.75 Å². The number of benzene rings is 1.